The molecule has 0 aliphatic carbocycles. The second-order valence-corrected chi connectivity index (χ2v) is 6.24. The molecule has 8 nitrogen and oxygen atoms in total. The highest BCUT2D eigenvalue weighted by Crippen LogP contribution is 2.32. The lowest BCUT2D eigenvalue weighted by Gasteiger charge is -2.31. The normalized spacial score (nSPS) is 18.2. The maximum absolute atomic E-state index is 11.6. The molecule has 0 amide bonds. The monoisotopic (exact) mass is 357 g/mol. The molecule has 2 aromatic rings. The van der Waals surface area contributed by atoms with E-state index in [9.17, 15) is 4.79 Å². The molecule has 10 heteroatoms. The maximum Gasteiger partial charge on any atom is 0.351 e. The Morgan fingerprint density at radius 2 is 2.39 bits per heavy atom. The van der Waals surface area contributed by atoms with Gasteiger partial charge in [-0.1, -0.05) is 29.9 Å². The number of hydrogen-bond acceptors (Lipinski definition) is 8. The number of carbonyl (C=O) groups is 1. The maximum atomic E-state index is 11.6. The van der Waals surface area contributed by atoms with E-state index in [4.69, 9.17) is 21.1 Å². The Kier molecular flexibility index (Phi) is 4.79. The number of methoxy groups -OCH3 is 1. The molecule has 0 spiro atoms. The first-order valence-corrected chi connectivity index (χ1v) is 8.34. The number of H-pyrrole nitrogens is 1. The molecule has 0 saturated carbocycles. The summed E-state index contributed by atoms with van der Waals surface area (Å²) in [4.78, 5) is 22.6. The van der Waals surface area contributed by atoms with Crippen LogP contribution in [-0.2, 0) is 15.9 Å². The van der Waals surface area contributed by atoms with Crippen LogP contribution in [0.15, 0.2) is 0 Å². The number of halogens is 1. The first-order chi connectivity index (χ1) is 11.1. The standard InChI is InChI=1S/C13H16ClN5O3S/c1-3-8-15-11(18-17-8)7-6-19(4-5-22-7)13-16-10(14)9(23-13)12(20)21-2/h7H,3-6H2,1-2H3,(H,15,17,18). The molecule has 1 saturated heterocycles. The van der Waals surface area contributed by atoms with Crippen LogP contribution in [0.1, 0.15) is 34.3 Å². The van der Waals surface area contributed by atoms with E-state index in [1.54, 1.807) is 0 Å². The van der Waals surface area contributed by atoms with E-state index in [1.807, 2.05) is 11.8 Å². The zero-order valence-corrected chi connectivity index (χ0v) is 14.3. The minimum Gasteiger partial charge on any atom is -0.465 e. The van der Waals surface area contributed by atoms with E-state index in [1.165, 1.54) is 18.4 Å². The van der Waals surface area contributed by atoms with Crippen LogP contribution in [0.2, 0.25) is 5.15 Å². The Labute approximate surface area is 141 Å². The van der Waals surface area contributed by atoms with Gasteiger partial charge in [-0.15, -0.1) is 0 Å². The Hall–Kier alpha value is -1.71. The number of aromatic nitrogens is 4. The molecule has 3 rings (SSSR count). The SMILES string of the molecule is CCc1nc(C2CN(c3nc(Cl)c(C(=O)OC)s3)CCO2)n[nH]1. The highest BCUT2D eigenvalue weighted by Gasteiger charge is 2.28. The lowest BCUT2D eigenvalue weighted by molar-refractivity contribution is 0.0342. The van der Waals surface area contributed by atoms with E-state index in [0.717, 1.165) is 12.2 Å². The molecular weight excluding hydrogens is 342 g/mol. The Bertz CT molecular complexity index is 704. The number of rotatable bonds is 4. The number of hydrogen-bond donors (Lipinski definition) is 1. The Balaban J connectivity index is 1.77. The molecule has 1 atom stereocenters. The summed E-state index contributed by atoms with van der Waals surface area (Å²) in [5, 5.41) is 7.91. The van der Waals surface area contributed by atoms with E-state index in [-0.39, 0.29) is 11.3 Å². The fraction of sp³-hybridized carbons (Fsp3) is 0.538. The van der Waals surface area contributed by atoms with Gasteiger partial charge in [0, 0.05) is 13.0 Å². The molecule has 2 aromatic heterocycles. The number of ether oxygens (including phenoxy) is 2. The predicted octanol–water partition coefficient (Wildman–Crippen LogP) is 1.84. The summed E-state index contributed by atoms with van der Waals surface area (Å²) in [5.74, 6) is 0.971. The number of thiazole rings is 1. The molecule has 1 unspecified atom stereocenters. The third-order valence-corrected chi connectivity index (χ3v) is 4.94. The smallest absolute Gasteiger partial charge is 0.351 e. The van der Waals surface area contributed by atoms with Crippen molar-refractivity contribution in [2.45, 2.75) is 19.4 Å². The highest BCUT2D eigenvalue weighted by atomic mass is 35.5. The number of nitrogens with one attached hydrogen (secondary N) is 1. The number of morpholine rings is 1. The summed E-state index contributed by atoms with van der Waals surface area (Å²) >= 11 is 7.23. The van der Waals surface area contributed by atoms with E-state index >= 15 is 0 Å². The largest absolute Gasteiger partial charge is 0.465 e. The fourth-order valence-electron chi connectivity index (χ4n) is 2.24. The van der Waals surface area contributed by atoms with Gasteiger partial charge in [0.15, 0.2) is 21.0 Å². The van der Waals surface area contributed by atoms with Crippen molar-refractivity contribution < 1.29 is 14.3 Å². The van der Waals surface area contributed by atoms with Crippen molar-refractivity contribution in [1.29, 1.82) is 0 Å². The van der Waals surface area contributed by atoms with Gasteiger partial charge in [-0.05, 0) is 0 Å². The Morgan fingerprint density at radius 1 is 1.57 bits per heavy atom. The molecule has 0 aromatic carbocycles. The zero-order chi connectivity index (χ0) is 16.4. The summed E-state index contributed by atoms with van der Waals surface area (Å²) in [5.41, 5.74) is 0. The molecule has 1 aliphatic heterocycles. The number of esters is 1. The van der Waals surface area contributed by atoms with Gasteiger partial charge in [-0.2, -0.15) is 5.10 Å². The lowest BCUT2D eigenvalue weighted by Crippen LogP contribution is -2.38. The molecule has 3 heterocycles. The van der Waals surface area contributed by atoms with E-state index in [0.29, 0.717) is 35.5 Å². The molecule has 1 fully saturated rings. The van der Waals surface area contributed by atoms with Crippen molar-refractivity contribution in [1.82, 2.24) is 20.2 Å². The van der Waals surface area contributed by atoms with Crippen LogP contribution in [0.25, 0.3) is 0 Å². The van der Waals surface area contributed by atoms with Crippen molar-refractivity contribution in [3.8, 4) is 0 Å². The van der Waals surface area contributed by atoms with Gasteiger partial charge >= 0.3 is 5.97 Å². The van der Waals surface area contributed by atoms with E-state index in [2.05, 4.69) is 20.2 Å². The number of aryl methyl sites for hydroxylation is 1. The molecular formula is C13H16ClN5O3S. The highest BCUT2D eigenvalue weighted by molar-refractivity contribution is 7.18. The number of anilines is 1. The molecule has 124 valence electrons. The second-order valence-electron chi connectivity index (χ2n) is 4.91. The summed E-state index contributed by atoms with van der Waals surface area (Å²) in [6.45, 7) is 3.73. The van der Waals surface area contributed by atoms with Crippen LogP contribution in [0.3, 0.4) is 0 Å². The van der Waals surface area contributed by atoms with Gasteiger partial charge in [0.25, 0.3) is 0 Å². The first kappa shape index (κ1) is 16.2. The average molecular weight is 358 g/mol. The van der Waals surface area contributed by atoms with Crippen LogP contribution in [0.5, 0.6) is 0 Å². The van der Waals surface area contributed by atoms with Crippen LogP contribution >= 0.6 is 22.9 Å². The van der Waals surface area contributed by atoms with E-state index < -0.39 is 5.97 Å². The van der Waals surface area contributed by atoms with Crippen LogP contribution in [0, 0.1) is 0 Å². The third kappa shape index (κ3) is 3.31. The Morgan fingerprint density at radius 3 is 3.09 bits per heavy atom. The van der Waals surface area contributed by atoms with Crippen LogP contribution < -0.4 is 4.90 Å². The molecule has 23 heavy (non-hydrogen) atoms. The van der Waals surface area contributed by atoms with Crippen molar-refractivity contribution in [3.05, 3.63) is 21.7 Å². The van der Waals surface area contributed by atoms with Gasteiger partial charge in [0.05, 0.1) is 20.3 Å². The average Bonchev–Trinajstić information content (AvgIpc) is 3.21. The second kappa shape index (κ2) is 6.81. The lowest BCUT2D eigenvalue weighted by atomic mass is 10.2. The minimum absolute atomic E-state index is 0.158. The number of nitrogens with zero attached hydrogens (tertiary/aromatic N) is 4. The number of carbonyl (C=O) groups excluding carboxylic acids is 1. The topological polar surface area (TPSA) is 93.2 Å². The first-order valence-electron chi connectivity index (χ1n) is 7.14. The third-order valence-electron chi connectivity index (χ3n) is 3.45. The minimum atomic E-state index is -0.481. The predicted molar refractivity (Wildman–Crippen MR) is 85.1 cm³/mol. The summed E-state index contributed by atoms with van der Waals surface area (Å²) in [6.07, 6.45) is 0.540. The van der Waals surface area contributed by atoms with Crippen molar-refractivity contribution in [3.63, 3.8) is 0 Å². The summed E-state index contributed by atoms with van der Waals surface area (Å²) in [6, 6.07) is 0. The fourth-order valence-corrected chi connectivity index (χ4v) is 3.47. The quantitative estimate of drug-likeness (QED) is 0.834. The van der Waals surface area contributed by atoms with Gasteiger partial charge in [0.2, 0.25) is 0 Å². The van der Waals surface area contributed by atoms with Crippen molar-refractivity contribution >= 4 is 34.0 Å². The zero-order valence-electron chi connectivity index (χ0n) is 12.7. The van der Waals surface area contributed by atoms with Gasteiger partial charge in [0.1, 0.15) is 11.9 Å². The van der Waals surface area contributed by atoms with Crippen LogP contribution in [-0.4, -0.2) is 52.9 Å². The van der Waals surface area contributed by atoms with Gasteiger partial charge in [-0.3, -0.25) is 5.10 Å². The van der Waals surface area contributed by atoms with Crippen molar-refractivity contribution in [2.75, 3.05) is 31.7 Å². The van der Waals surface area contributed by atoms with Crippen molar-refractivity contribution in [2.24, 2.45) is 0 Å². The summed E-state index contributed by atoms with van der Waals surface area (Å²) < 4.78 is 10.4. The molecule has 0 radical (unpaired) electrons. The summed E-state index contributed by atoms with van der Waals surface area (Å²) in [7, 11) is 1.32. The molecule has 1 N–H and O–H groups in total. The number of aromatic amines is 1. The van der Waals surface area contributed by atoms with Crippen LogP contribution in [0.4, 0.5) is 5.13 Å². The van der Waals surface area contributed by atoms with Gasteiger partial charge < -0.3 is 14.4 Å². The molecule has 0 bridgehead atoms. The molecule has 1 aliphatic rings. The van der Waals surface area contributed by atoms with Gasteiger partial charge in [-0.25, -0.2) is 14.8 Å².